The minimum atomic E-state index is -4.28. The summed E-state index contributed by atoms with van der Waals surface area (Å²) in [6.07, 6.45) is -5.34. The van der Waals surface area contributed by atoms with Crippen molar-refractivity contribution in [3.63, 3.8) is 0 Å². The molecule has 7 heteroatoms. The van der Waals surface area contributed by atoms with E-state index in [4.69, 9.17) is 17.3 Å². The van der Waals surface area contributed by atoms with Crippen molar-refractivity contribution < 1.29 is 13.2 Å². The maximum Gasteiger partial charge on any atom is 0.390 e. The first-order valence-corrected chi connectivity index (χ1v) is 5.24. The summed E-state index contributed by atoms with van der Waals surface area (Å²) in [6, 6.07) is 3.49. The molecule has 0 bridgehead atoms. The second-order valence-corrected chi connectivity index (χ2v) is 4.38. The van der Waals surface area contributed by atoms with E-state index in [-0.39, 0.29) is 12.4 Å². The number of nitrogens with two attached hydrogens (primary N) is 1. The number of hydrogen-bond acceptors (Lipinski definition) is 1. The summed E-state index contributed by atoms with van der Waals surface area (Å²) in [5.74, 6) is 0. The Morgan fingerprint density at radius 1 is 1.38 bits per heavy atom. The van der Waals surface area contributed by atoms with E-state index >= 15 is 0 Å². The second kappa shape index (κ2) is 6.10. The lowest BCUT2D eigenvalue weighted by molar-refractivity contribution is -0.138. The van der Waals surface area contributed by atoms with Gasteiger partial charge in [-0.15, -0.1) is 12.4 Å². The standard InChI is InChI=1S/C9H8BrClF3N.ClH/c10-7-2-1-5(11)3-6(7)8(15)4-9(12,13)14;/h1-3,8H,4,15H2;1H/t8-;/m1./s1. The van der Waals surface area contributed by atoms with Crippen LogP contribution in [-0.4, -0.2) is 6.18 Å². The van der Waals surface area contributed by atoms with E-state index in [0.717, 1.165) is 0 Å². The Bertz CT molecular complexity index is 357. The molecule has 0 unspecified atom stereocenters. The van der Waals surface area contributed by atoms with Crippen LogP contribution >= 0.6 is 39.9 Å². The zero-order valence-electron chi connectivity index (χ0n) is 7.89. The quantitative estimate of drug-likeness (QED) is 0.845. The third-order valence-electron chi connectivity index (χ3n) is 1.81. The van der Waals surface area contributed by atoms with Crippen molar-refractivity contribution in [2.24, 2.45) is 5.73 Å². The Balaban J connectivity index is 0.00000225. The van der Waals surface area contributed by atoms with Gasteiger partial charge in [0.25, 0.3) is 0 Å². The second-order valence-electron chi connectivity index (χ2n) is 3.09. The van der Waals surface area contributed by atoms with Crippen LogP contribution < -0.4 is 5.73 Å². The Morgan fingerprint density at radius 2 is 1.94 bits per heavy atom. The van der Waals surface area contributed by atoms with Crippen LogP contribution in [0.1, 0.15) is 18.0 Å². The fourth-order valence-corrected chi connectivity index (χ4v) is 1.88. The lowest BCUT2D eigenvalue weighted by Gasteiger charge is -2.16. The van der Waals surface area contributed by atoms with Gasteiger partial charge in [-0.1, -0.05) is 27.5 Å². The minimum absolute atomic E-state index is 0. The first-order chi connectivity index (χ1) is 6.79. The third-order valence-corrected chi connectivity index (χ3v) is 2.77. The maximum atomic E-state index is 12.1. The molecule has 1 aromatic carbocycles. The molecule has 0 heterocycles. The molecule has 0 aliphatic heterocycles. The van der Waals surface area contributed by atoms with Gasteiger partial charge in [0, 0.05) is 15.5 Å². The minimum Gasteiger partial charge on any atom is -0.324 e. The van der Waals surface area contributed by atoms with Gasteiger partial charge in [-0.25, -0.2) is 0 Å². The first kappa shape index (κ1) is 16.0. The molecular weight excluding hydrogens is 330 g/mol. The van der Waals surface area contributed by atoms with Gasteiger partial charge in [0.05, 0.1) is 6.42 Å². The molecule has 16 heavy (non-hydrogen) atoms. The summed E-state index contributed by atoms with van der Waals surface area (Å²) < 4.78 is 36.8. The van der Waals surface area contributed by atoms with Crippen LogP contribution in [0.5, 0.6) is 0 Å². The van der Waals surface area contributed by atoms with Crippen LogP contribution in [0.15, 0.2) is 22.7 Å². The topological polar surface area (TPSA) is 26.0 Å². The molecule has 0 saturated heterocycles. The first-order valence-electron chi connectivity index (χ1n) is 4.07. The number of benzene rings is 1. The van der Waals surface area contributed by atoms with Crippen molar-refractivity contribution in [2.45, 2.75) is 18.6 Å². The summed E-state index contributed by atoms with van der Waals surface area (Å²) >= 11 is 8.81. The molecule has 2 N–H and O–H groups in total. The molecule has 0 radical (unpaired) electrons. The predicted molar refractivity (Wildman–Crippen MR) is 64.0 cm³/mol. The van der Waals surface area contributed by atoms with E-state index in [9.17, 15) is 13.2 Å². The van der Waals surface area contributed by atoms with Gasteiger partial charge in [-0.3, -0.25) is 0 Å². The van der Waals surface area contributed by atoms with Gasteiger partial charge in [0.2, 0.25) is 0 Å². The van der Waals surface area contributed by atoms with Crippen molar-refractivity contribution in [3.05, 3.63) is 33.3 Å². The smallest absolute Gasteiger partial charge is 0.324 e. The van der Waals surface area contributed by atoms with Gasteiger partial charge < -0.3 is 5.73 Å². The normalized spacial score (nSPS) is 13.1. The average Bonchev–Trinajstić information content (AvgIpc) is 2.06. The molecule has 0 spiro atoms. The van der Waals surface area contributed by atoms with Gasteiger partial charge in [-0.05, 0) is 23.8 Å². The van der Waals surface area contributed by atoms with Gasteiger partial charge in [-0.2, -0.15) is 13.2 Å². The Morgan fingerprint density at radius 3 is 2.44 bits per heavy atom. The number of hydrogen-bond donors (Lipinski definition) is 1. The van der Waals surface area contributed by atoms with Crippen molar-refractivity contribution in [3.8, 4) is 0 Å². The molecular formula is C9H9BrCl2F3N. The lowest BCUT2D eigenvalue weighted by Crippen LogP contribution is -2.20. The largest absolute Gasteiger partial charge is 0.390 e. The monoisotopic (exact) mass is 337 g/mol. The van der Waals surface area contributed by atoms with Crippen LogP contribution in [-0.2, 0) is 0 Å². The Labute approximate surface area is 111 Å². The van der Waals surface area contributed by atoms with Crippen molar-refractivity contribution >= 4 is 39.9 Å². The highest BCUT2D eigenvalue weighted by Crippen LogP contribution is 2.32. The Kier molecular flexibility index (Phi) is 6.11. The van der Waals surface area contributed by atoms with Crippen LogP contribution in [0.4, 0.5) is 13.2 Å². The number of halogens is 6. The van der Waals surface area contributed by atoms with Gasteiger partial charge in [0.15, 0.2) is 0 Å². The molecule has 1 rings (SSSR count). The summed E-state index contributed by atoms with van der Waals surface area (Å²) in [5, 5.41) is 0.367. The van der Waals surface area contributed by atoms with Crippen LogP contribution in [0.25, 0.3) is 0 Å². The molecule has 0 amide bonds. The van der Waals surface area contributed by atoms with E-state index in [2.05, 4.69) is 15.9 Å². The predicted octanol–water partition coefficient (Wildman–Crippen LogP) is 4.48. The molecule has 0 fully saturated rings. The number of rotatable bonds is 2. The zero-order chi connectivity index (χ0) is 11.6. The molecule has 0 aliphatic carbocycles. The summed E-state index contributed by atoms with van der Waals surface area (Å²) in [4.78, 5) is 0. The van der Waals surface area contributed by atoms with E-state index in [1.54, 1.807) is 12.1 Å². The SMILES string of the molecule is Cl.N[C@H](CC(F)(F)F)c1cc(Cl)ccc1Br. The van der Waals surface area contributed by atoms with E-state index in [1.807, 2.05) is 0 Å². The van der Waals surface area contributed by atoms with Gasteiger partial charge in [0.1, 0.15) is 0 Å². The number of alkyl halides is 3. The third kappa shape index (κ3) is 4.91. The van der Waals surface area contributed by atoms with Crippen LogP contribution in [0.2, 0.25) is 5.02 Å². The lowest BCUT2D eigenvalue weighted by atomic mass is 10.0. The highest BCUT2D eigenvalue weighted by Gasteiger charge is 2.31. The maximum absolute atomic E-state index is 12.1. The highest BCUT2D eigenvalue weighted by molar-refractivity contribution is 9.10. The molecule has 0 aromatic heterocycles. The summed E-state index contributed by atoms with van der Waals surface area (Å²) in [7, 11) is 0. The van der Waals surface area contributed by atoms with Crippen molar-refractivity contribution in [2.75, 3.05) is 0 Å². The fourth-order valence-electron chi connectivity index (χ4n) is 1.16. The molecule has 0 aliphatic rings. The summed E-state index contributed by atoms with van der Waals surface area (Å²) in [6.45, 7) is 0. The summed E-state index contributed by atoms with van der Waals surface area (Å²) in [5.41, 5.74) is 5.80. The fraction of sp³-hybridized carbons (Fsp3) is 0.333. The van der Waals surface area contributed by atoms with E-state index in [1.165, 1.54) is 6.07 Å². The van der Waals surface area contributed by atoms with Crippen molar-refractivity contribution in [1.29, 1.82) is 0 Å². The molecule has 0 saturated carbocycles. The molecule has 1 aromatic rings. The van der Waals surface area contributed by atoms with Crippen molar-refractivity contribution in [1.82, 2.24) is 0 Å². The molecule has 1 atom stereocenters. The van der Waals surface area contributed by atoms with Crippen LogP contribution in [0, 0.1) is 0 Å². The van der Waals surface area contributed by atoms with E-state index < -0.39 is 18.6 Å². The average molecular weight is 339 g/mol. The molecule has 92 valence electrons. The van der Waals surface area contributed by atoms with Crippen LogP contribution in [0.3, 0.4) is 0 Å². The Hall–Kier alpha value is 0.0300. The zero-order valence-corrected chi connectivity index (χ0v) is 11.1. The highest BCUT2D eigenvalue weighted by atomic mass is 79.9. The molecule has 1 nitrogen and oxygen atoms in total. The van der Waals surface area contributed by atoms with E-state index in [0.29, 0.717) is 15.1 Å². The van der Waals surface area contributed by atoms with Gasteiger partial charge >= 0.3 is 6.18 Å².